The third-order valence-corrected chi connectivity index (χ3v) is 4.70. The third-order valence-electron chi connectivity index (χ3n) is 3.76. The van der Waals surface area contributed by atoms with Gasteiger partial charge in [-0.3, -0.25) is 5.43 Å². The van der Waals surface area contributed by atoms with Gasteiger partial charge in [-0.15, -0.1) is 0 Å². The van der Waals surface area contributed by atoms with Gasteiger partial charge < -0.3 is 9.84 Å². The van der Waals surface area contributed by atoms with Crippen molar-refractivity contribution in [1.82, 2.24) is 4.98 Å². The average Bonchev–Trinajstić information content (AvgIpc) is 3.14. The summed E-state index contributed by atoms with van der Waals surface area (Å²) in [5, 5.41) is 14.4. The quantitative estimate of drug-likeness (QED) is 0.0844. The van der Waals surface area contributed by atoms with E-state index in [2.05, 4.69) is 15.5 Å². The Hall–Kier alpha value is -3.47. The lowest BCUT2D eigenvalue weighted by Gasteiger charge is -2.09. The van der Waals surface area contributed by atoms with Crippen LogP contribution in [0.5, 0.6) is 0 Å². The van der Waals surface area contributed by atoms with Crippen molar-refractivity contribution in [2.45, 2.75) is 6.92 Å². The Morgan fingerprint density at radius 3 is 2.67 bits per heavy atom. The summed E-state index contributed by atoms with van der Waals surface area (Å²) in [6.07, 6.45) is 0.776. The van der Waals surface area contributed by atoms with Crippen LogP contribution in [0, 0.1) is 23.3 Å². The van der Waals surface area contributed by atoms with Gasteiger partial charge in [0.25, 0.3) is 0 Å². The fourth-order valence-electron chi connectivity index (χ4n) is 2.38. The van der Waals surface area contributed by atoms with Crippen LogP contribution in [0.1, 0.15) is 12.5 Å². The molecule has 2 N–H and O–H groups in total. The second-order valence-electron chi connectivity index (χ2n) is 5.69. The molecule has 0 saturated heterocycles. The van der Waals surface area contributed by atoms with E-state index in [1.165, 1.54) is 18.3 Å². The minimum Gasteiger partial charge on any atom is -0.506 e. The molecule has 0 unspecified atom stereocenters. The molecule has 30 heavy (non-hydrogen) atoms. The number of para-hydroxylation sites is 1. The highest BCUT2D eigenvalue weighted by Crippen LogP contribution is 2.27. The van der Waals surface area contributed by atoms with Gasteiger partial charge in [-0.2, -0.15) is 5.10 Å². The Morgan fingerprint density at radius 2 is 1.97 bits per heavy atom. The molecule has 6 nitrogen and oxygen atoms in total. The maximum absolute atomic E-state index is 14.0. The number of aromatic nitrogens is 1. The zero-order valence-corrected chi connectivity index (χ0v) is 16.1. The highest BCUT2D eigenvalue weighted by molar-refractivity contribution is 7.22. The molecule has 0 radical (unpaired) electrons. The van der Waals surface area contributed by atoms with Crippen LogP contribution in [-0.2, 0) is 9.53 Å². The molecule has 0 fully saturated rings. The van der Waals surface area contributed by atoms with Gasteiger partial charge in [0.15, 0.2) is 23.3 Å². The fraction of sp³-hybridized carbons (Fsp3) is 0.105. The van der Waals surface area contributed by atoms with E-state index in [9.17, 15) is 27.5 Å². The van der Waals surface area contributed by atoms with E-state index in [1.807, 2.05) is 12.1 Å². The van der Waals surface area contributed by atoms with E-state index in [4.69, 9.17) is 4.74 Å². The van der Waals surface area contributed by atoms with Crippen molar-refractivity contribution in [3.63, 3.8) is 0 Å². The van der Waals surface area contributed by atoms with E-state index >= 15 is 0 Å². The monoisotopic (exact) mass is 439 g/mol. The molecular formula is C19H13F4N3O3S. The summed E-state index contributed by atoms with van der Waals surface area (Å²) in [6.45, 7) is 1.37. The first-order valence-electron chi connectivity index (χ1n) is 8.41. The summed E-state index contributed by atoms with van der Waals surface area (Å²) < 4.78 is 59.8. The van der Waals surface area contributed by atoms with Crippen LogP contribution >= 0.6 is 11.3 Å². The number of esters is 1. The standard InChI is InChI=1S/C19H13F4N3O3S/c1-2-29-18(28)10(17(27)9-7-11(20)15(22)16(23)14(9)21)8-24-26-19-25-12-5-3-4-6-13(12)30-19/h3-8,27H,2H2,1H3,(H,25,26)/b17-10+,24-8+. The maximum Gasteiger partial charge on any atom is 0.343 e. The first-order chi connectivity index (χ1) is 14.3. The number of hydrogen-bond acceptors (Lipinski definition) is 7. The Labute approximate surface area is 171 Å². The molecule has 0 aliphatic carbocycles. The third kappa shape index (κ3) is 4.25. The van der Waals surface area contributed by atoms with Crippen LogP contribution in [0.4, 0.5) is 22.7 Å². The molecule has 0 aliphatic heterocycles. The van der Waals surface area contributed by atoms with Gasteiger partial charge in [0.2, 0.25) is 5.13 Å². The van der Waals surface area contributed by atoms with E-state index in [1.54, 1.807) is 12.1 Å². The fourth-order valence-corrected chi connectivity index (χ4v) is 3.20. The number of nitrogens with one attached hydrogen (secondary N) is 1. The molecule has 0 aliphatic rings. The lowest BCUT2D eigenvalue weighted by atomic mass is 10.1. The molecule has 1 aromatic heterocycles. The number of hydrazone groups is 1. The number of aliphatic hydroxyl groups excluding tert-OH is 1. The van der Waals surface area contributed by atoms with Crippen molar-refractivity contribution in [1.29, 1.82) is 0 Å². The van der Waals surface area contributed by atoms with Crippen LogP contribution in [0.3, 0.4) is 0 Å². The van der Waals surface area contributed by atoms with Crippen LogP contribution < -0.4 is 5.43 Å². The summed E-state index contributed by atoms with van der Waals surface area (Å²) >= 11 is 1.25. The molecule has 0 saturated carbocycles. The van der Waals surface area contributed by atoms with Gasteiger partial charge in [-0.25, -0.2) is 27.3 Å². The average molecular weight is 439 g/mol. The number of aliphatic hydroxyl groups is 1. The van der Waals surface area contributed by atoms with Gasteiger partial charge in [0.1, 0.15) is 11.3 Å². The largest absolute Gasteiger partial charge is 0.506 e. The second-order valence-corrected chi connectivity index (χ2v) is 6.72. The summed E-state index contributed by atoms with van der Waals surface area (Å²) in [7, 11) is 0. The number of ether oxygens (including phenoxy) is 1. The van der Waals surface area contributed by atoms with Gasteiger partial charge >= 0.3 is 5.97 Å². The van der Waals surface area contributed by atoms with Crippen LogP contribution in [0.25, 0.3) is 16.0 Å². The van der Waals surface area contributed by atoms with Gasteiger partial charge in [0, 0.05) is 0 Å². The normalized spacial score (nSPS) is 12.3. The summed E-state index contributed by atoms with van der Waals surface area (Å²) in [6, 6.07) is 7.44. The van der Waals surface area contributed by atoms with Crippen LogP contribution in [-0.4, -0.2) is 28.9 Å². The van der Waals surface area contributed by atoms with Crippen molar-refractivity contribution in [3.05, 3.63) is 64.7 Å². The number of nitrogens with zero attached hydrogens (tertiary/aromatic N) is 2. The molecule has 3 rings (SSSR count). The zero-order chi connectivity index (χ0) is 21.8. The number of halogens is 4. The topological polar surface area (TPSA) is 83.8 Å². The van der Waals surface area contributed by atoms with Gasteiger partial charge in [0.05, 0.1) is 28.6 Å². The Bertz CT molecular complexity index is 1140. The summed E-state index contributed by atoms with van der Waals surface area (Å²) in [5.74, 6) is -10.1. The lowest BCUT2D eigenvalue weighted by Crippen LogP contribution is -2.13. The Kier molecular flexibility index (Phi) is 6.31. The number of carbonyl (C=O) groups is 1. The number of benzene rings is 2. The van der Waals surface area contributed by atoms with Gasteiger partial charge in [-0.05, 0) is 25.1 Å². The van der Waals surface area contributed by atoms with Crippen molar-refractivity contribution in [2.24, 2.45) is 5.10 Å². The summed E-state index contributed by atoms with van der Waals surface area (Å²) in [4.78, 5) is 16.4. The van der Waals surface area contributed by atoms with E-state index in [0.29, 0.717) is 10.6 Å². The Morgan fingerprint density at radius 1 is 1.23 bits per heavy atom. The predicted molar refractivity (Wildman–Crippen MR) is 104 cm³/mol. The second kappa shape index (κ2) is 8.91. The van der Waals surface area contributed by atoms with E-state index in [-0.39, 0.29) is 12.7 Å². The molecule has 156 valence electrons. The minimum atomic E-state index is -2.13. The van der Waals surface area contributed by atoms with Crippen LogP contribution in [0.15, 0.2) is 41.0 Å². The molecule has 11 heteroatoms. The number of fused-ring (bicyclic) bond motifs is 1. The van der Waals surface area contributed by atoms with Crippen molar-refractivity contribution >= 4 is 44.6 Å². The molecule has 0 bridgehead atoms. The van der Waals surface area contributed by atoms with Gasteiger partial charge in [-0.1, -0.05) is 23.5 Å². The molecule has 1 heterocycles. The SMILES string of the molecule is CCOC(=O)C(/C=N/Nc1nc2ccccc2s1)=C(/O)c1cc(F)c(F)c(F)c1F. The van der Waals surface area contributed by atoms with Crippen molar-refractivity contribution in [3.8, 4) is 0 Å². The van der Waals surface area contributed by atoms with Crippen molar-refractivity contribution in [2.75, 3.05) is 12.0 Å². The molecule has 0 atom stereocenters. The smallest absolute Gasteiger partial charge is 0.343 e. The van der Waals surface area contributed by atoms with Crippen LogP contribution in [0.2, 0.25) is 0 Å². The predicted octanol–water partition coefficient (Wildman–Crippen LogP) is 4.78. The van der Waals surface area contributed by atoms with E-state index < -0.39 is 46.1 Å². The number of anilines is 1. The number of rotatable bonds is 6. The first-order valence-corrected chi connectivity index (χ1v) is 9.23. The molecule has 0 amide bonds. The van der Waals surface area contributed by atoms with E-state index in [0.717, 1.165) is 10.9 Å². The number of hydrogen-bond donors (Lipinski definition) is 2. The summed E-state index contributed by atoms with van der Waals surface area (Å²) in [5.41, 5.74) is 1.45. The highest BCUT2D eigenvalue weighted by Gasteiger charge is 2.25. The number of carbonyl (C=O) groups excluding carboxylic acids is 1. The Balaban J connectivity index is 1.98. The molecule has 3 aromatic rings. The lowest BCUT2D eigenvalue weighted by molar-refractivity contribution is -0.137. The highest BCUT2D eigenvalue weighted by atomic mass is 32.1. The molecule has 2 aromatic carbocycles. The number of thiazole rings is 1. The minimum absolute atomic E-state index is 0.108. The first kappa shape index (κ1) is 21.2. The molecular weight excluding hydrogens is 426 g/mol. The van der Waals surface area contributed by atoms with Crippen molar-refractivity contribution < 1.29 is 32.2 Å². The maximum atomic E-state index is 14.0. The molecule has 0 spiro atoms. The zero-order valence-electron chi connectivity index (χ0n) is 15.2.